The molecule has 0 aliphatic carbocycles. The fraction of sp³-hybridized carbons (Fsp3) is 0.600. The van der Waals surface area contributed by atoms with Crippen molar-refractivity contribution >= 4 is 0 Å². The van der Waals surface area contributed by atoms with Crippen LogP contribution in [-0.4, -0.2) is 0 Å². The van der Waals surface area contributed by atoms with Crippen molar-refractivity contribution in [2.24, 2.45) is 11.3 Å². The molecular formula is C15H30. The van der Waals surface area contributed by atoms with Gasteiger partial charge in [-0.25, -0.2) is 0 Å². The lowest BCUT2D eigenvalue weighted by Gasteiger charge is -2.08. The Morgan fingerprint density at radius 1 is 1.07 bits per heavy atom. The van der Waals surface area contributed by atoms with Crippen LogP contribution in [0.1, 0.15) is 48.0 Å². The number of hydrogen-bond acceptors (Lipinski definition) is 0. The van der Waals surface area contributed by atoms with Crippen molar-refractivity contribution in [3.8, 4) is 0 Å². The Labute approximate surface area is 97.8 Å². The van der Waals surface area contributed by atoms with Crippen molar-refractivity contribution in [2.45, 2.75) is 48.0 Å². The molecule has 0 saturated carbocycles. The van der Waals surface area contributed by atoms with E-state index in [4.69, 9.17) is 0 Å². The van der Waals surface area contributed by atoms with Crippen LogP contribution in [0.4, 0.5) is 0 Å². The van der Waals surface area contributed by atoms with Gasteiger partial charge in [0.1, 0.15) is 0 Å². The molecule has 0 nitrogen and oxygen atoms in total. The molecule has 0 rings (SSSR count). The maximum Gasteiger partial charge on any atom is -0.0206 e. The van der Waals surface area contributed by atoms with Crippen LogP contribution < -0.4 is 0 Å². The second-order valence-electron chi connectivity index (χ2n) is 4.75. The Morgan fingerprint density at radius 3 is 1.27 bits per heavy atom. The SMILES string of the molecule is C=CC(C)(C)C.C=CC(C)C.C=CCC. The Kier molecular flexibility index (Phi) is 17.4. The smallest absolute Gasteiger partial charge is 0.0206 e. The zero-order chi connectivity index (χ0) is 12.9. The minimum atomic E-state index is 0.306. The van der Waals surface area contributed by atoms with Gasteiger partial charge >= 0.3 is 0 Å². The van der Waals surface area contributed by atoms with Crippen LogP contribution in [0.25, 0.3) is 0 Å². The van der Waals surface area contributed by atoms with E-state index in [1.165, 1.54) is 0 Å². The zero-order valence-corrected chi connectivity index (χ0v) is 11.6. The largest absolute Gasteiger partial charge is 0.103 e. The van der Waals surface area contributed by atoms with Gasteiger partial charge in [0.15, 0.2) is 0 Å². The molecule has 0 saturated heterocycles. The van der Waals surface area contributed by atoms with Crippen LogP contribution in [0.15, 0.2) is 38.0 Å². The lowest BCUT2D eigenvalue weighted by Crippen LogP contribution is -1.96. The first-order chi connectivity index (χ1) is 6.74. The molecule has 0 atom stereocenters. The summed E-state index contributed by atoms with van der Waals surface area (Å²) in [6.07, 6.45) is 6.81. The molecule has 0 spiro atoms. The van der Waals surface area contributed by atoms with Crippen LogP contribution in [0, 0.1) is 11.3 Å². The summed E-state index contributed by atoms with van der Waals surface area (Å²) in [6, 6.07) is 0. The highest BCUT2D eigenvalue weighted by Crippen LogP contribution is 2.11. The standard InChI is InChI=1S/C6H12.C5H10.C4H8/c1-5-6(2,3)4;1-4-5(2)3;1-3-4-2/h5H,1H2,2-4H3;4-5H,1H2,2-3H3;3H,1,4H2,2H3. The van der Waals surface area contributed by atoms with Crippen molar-refractivity contribution in [3.63, 3.8) is 0 Å². The number of rotatable bonds is 2. The maximum atomic E-state index is 3.63. The first-order valence-corrected chi connectivity index (χ1v) is 5.62. The molecule has 0 bridgehead atoms. The Hall–Kier alpha value is -0.780. The minimum Gasteiger partial charge on any atom is -0.103 e. The highest BCUT2D eigenvalue weighted by atomic mass is 14.0. The van der Waals surface area contributed by atoms with Crippen molar-refractivity contribution in [1.82, 2.24) is 0 Å². The van der Waals surface area contributed by atoms with Crippen LogP contribution in [0.3, 0.4) is 0 Å². The molecule has 0 aromatic heterocycles. The summed E-state index contributed by atoms with van der Waals surface area (Å²) in [5.74, 6) is 0.648. The maximum absolute atomic E-state index is 3.63. The molecule has 0 amide bonds. The van der Waals surface area contributed by atoms with Crippen LogP contribution in [0.2, 0.25) is 0 Å². The Morgan fingerprint density at radius 2 is 1.27 bits per heavy atom. The summed E-state index contributed by atoms with van der Waals surface area (Å²) in [5, 5.41) is 0. The van der Waals surface area contributed by atoms with Gasteiger partial charge in [-0.05, 0) is 17.8 Å². The summed E-state index contributed by atoms with van der Waals surface area (Å²) in [7, 11) is 0. The molecule has 0 N–H and O–H groups in total. The average Bonchev–Trinajstić information content (AvgIpc) is 2.18. The van der Waals surface area contributed by atoms with Crippen LogP contribution >= 0.6 is 0 Å². The molecule has 0 unspecified atom stereocenters. The topological polar surface area (TPSA) is 0 Å². The summed E-state index contributed by atoms with van der Waals surface area (Å²) in [4.78, 5) is 0. The number of hydrogen-bond donors (Lipinski definition) is 0. The summed E-state index contributed by atoms with van der Waals surface area (Å²) in [5.41, 5.74) is 0.306. The van der Waals surface area contributed by atoms with Crippen molar-refractivity contribution in [3.05, 3.63) is 38.0 Å². The van der Waals surface area contributed by atoms with E-state index in [9.17, 15) is 0 Å². The monoisotopic (exact) mass is 210 g/mol. The van der Waals surface area contributed by atoms with E-state index in [0.29, 0.717) is 11.3 Å². The second-order valence-corrected chi connectivity index (χ2v) is 4.75. The third kappa shape index (κ3) is 61.1. The molecule has 0 aromatic carbocycles. The van der Waals surface area contributed by atoms with Crippen molar-refractivity contribution in [2.75, 3.05) is 0 Å². The fourth-order valence-corrected chi connectivity index (χ4v) is 0. The third-order valence-electron chi connectivity index (χ3n) is 1.37. The fourth-order valence-electron chi connectivity index (χ4n) is 0. The minimum absolute atomic E-state index is 0.306. The van der Waals surface area contributed by atoms with E-state index in [-0.39, 0.29) is 0 Å². The summed E-state index contributed by atoms with van der Waals surface area (Å²) >= 11 is 0. The normalized spacial score (nSPS) is 9.00. The van der Waals surface area contributed by atoms with Gasteiger partial charge in [0, 0.05) is 0 Å². The van der Waals surface area contributed by atoms with E-state index in [2.05, 4.69) is 61.3 Å². The van der Waals surface area contributed by atoms with E-state index in [0.717, 1.165) is 6.42 Å². The molecule has 90 valence electrons. The lowest BCUT2D eigenvalue weighted by atomic mass is 9.98. The van der Waals surface area contributed by atoms with Gasteiger partial charge < -0.3 is 0 Å². The molecule has 0 aromatic rings. The molecule has 0 heterocycles. The second kappa shape index (κ2) is 13.2. The highest BCUT2D eigenvalue weighted by Gasteiger charge is 1.99. The Balaban J connectivity index is -0.000000147. The molecule has 0 radical (unpaired) electrons. The van der Waals surface area contributed by atoms with Gasteiger partial charge in [-0.2, -0.15) is 0 Å². The first kappa shape index (κ1) is 19.7. The van der Waals surface area contributed by atoms with Gasteiger partial charge in [-0.15, -0.1) is 19.7 Å². The predicted molar refractivity (Wildman–Crippen MR) is 75.2 cm³/mol. The molecular weight excluding hydrogens is 180 g/mol. The van der Waals surface area contributed by atoms with E-state index >= 15 is 0 Å². The van der Waals surface area contributed by atoms with E-state index in [1.54, 1.807) is 0 Å². The zero-order valence-electron chi connectivity index (χ0n) is 11.6. The van der Waals surface area contributed by atoms with Gasteiger partial charge in [0.25, 0.3) is 0 Å². The average molecular weight is 210 g/mol. The van der Waals surface area contributed by atoms with Crippen LogP contribution in [0.5, 0.6) is 0 Å². The van der Waals surface area contributed by atoms with Gasteiger partial charge in [-0.3, -0.25) is 0 Å². The molecule has 0 aliphatic rings. The van der Waals surface area contributed by atoms with E-state index < -0.39 is 0 Å². The molecule has 0 aliphatic heterocycles. The summed E-state index contributed by atoms with van der Waals surface area (Å²) in [6.45, 7) is 23.3. The van der Waals surface area contributed by atoms with Gasteiger partial charge in [0.2, 0.25) is 0 Å². The van der Waals surface area contributed by atoms with Crippen LogP contribution in [-0.2, 0) is 0 Å². The lowest BCUT2D eigenvalue weighted by molar-refractivity contribution is 0.546. The van der Waals surface area contributed by atoms with Gasteiger partial charge in [-0.1, -0.05) is 59.8 Å². The van der Waals surface area contributed by atoms with Gasteiger partial charge in [0.05, 0.1) is 0 Å². The highest BCUT2D eigenvalue weighted by molar-refractivity contribution is 4.82. The van der Waals surface area contributed by atoms with Crippen molar-refractivity contribution in [1.29, 1.82) is 0 Å². The quantitative estimate of drug-likeness (QED) is 0.518. The third-order valence-corrected chi connectivity index (χ3v) is 1.37. The molecule has 0 heteroatoms. The first-order valence-electron chi connectivity index (χ1n) is 5.62. The van der Waals surface area contributed by atoms with Crippen molar-refractivity contribution < 1.29 is 0 Å². The summed E-state index contributed by atoms with van der Waals surface area (Å²) < 4.78 is 0. The Bertz CT molecular complexity index is 144. The van der Waals surface area contributed by atoms with E-state index in [1.807, 2.05) is 18.2 Å². The molecule has 0 fully saturated rings. The molecule has 15 heavy (non-hydrogen) atoms. The number of allylic oxidation sites excluding steroid dienone is 3. The predicted octanol–water partition coefficient (Wildman–Crippen LogP) is 5.63.